The third kappa shape index (κ3) is 4.15. The fourth-order valence-electron chi connectivity index (χ4n) is 2.67. The van der Waals surface area contributed by atoms with Crippen LogP contribution in [0.1, 0.15) is 50.9 Å². The lowest BCUT2D eigenvalue weighted by molar-refractivity contribution is -0.131. The Morgan fingerprint density at radius 1 is 1.08 bits per heavy atom. The summed E-state index contributed by atoms with van der Waals surface area (Å²) in [7, 11) is 0. The number of likely N-dealkylation sites (tertiary alicyclic amines) is 1. The van der Waals surface area contributed by atoms with E-state index in [0.29, 0.717) is 31.5 Å². The van der Waals surface area contributed by atoms with Gasteiger partial charge in [0, 0.05) is 24.6 Å². The molecule has 1 fully saturated rings. The van der Waals surface area contributed by atoms with Crippen LogP contribution >= 0.6 is 0 Å². The molecule has 0 bridgehead atoms. The lowest BCUT2D eigenvalue weighted by atomic mass is 9.84. The molecule has 1 aliphatic rings. The molecular weight excluding hydrogens is 304 g/mol. The minimum absolute atomic E-state index is 0.0197. The van der Waals surface area contributed by atoms with Crippen molar-refractivity contribution < 1.29 is 14.7 Å². The number of amides is 2. The smallest absolute Gasteiger partial charge is 0.253 e. The van der Waals surface area contributed by atoms with E-state index in [0.717, 1.165) is 0 Å². The predicted octanol–water partition coefficient (Wildman–Crippen LogP) is 2.20. The standard InChI is InChI=1S/C19H28N2O3/c1-18(2,19(3,4)24)20-16(22)14-10-12-21(13-11-14)17(23)15-8-6-5-7-9-15/h5-9,14,24H,10-13H2,1-4H3,(H,20,22). The SMILES string of the molecule is CC(C)(O)C(C)(C)NC(=O)C1CCN(C(=O)c2ccccc2)CC1. The van der Waals surface area contributed by atoms with Crippen molar-refractivity contribution >= 4 is 11.8 Å². The van der Waals surface area contributed by atoms with Crippen LogP contribution in [0.4, 0.5) is 0 Å². The van der Waals surface area contributed by atoms with Gasteiger partial charge in [-0.05, 0) is 52.7 Å². The van der Waals surface area contributed by atoms with Crippen LogP contribution in [0.2, 0.25) is 0 Å². The van der Waals surface area contributed by atoms with Crippen LogP contribution in [-0.2, 0) is 4.79 Å². The van der Waals surface area contributed by atoms with Gasteiger partial charge in [0.1, 0.15) is 0 Å². The van der Waals surface area contributed by atoms with Gasteiger partial charge >= 0.3 is 0 Å². The summed E-state index contributed by atoms with van der Waals surface area (Å²) >= 11 is 0. The zero-order chi connectivity index (χ0) is 18.0. The molecular formula is C19H28N2O3. The molecule has 2 rings (SSSR count). The number of hydrogen-bond donors (Lipinski definition) is 2. The second-order valence-corrected chi connectivity index (χ2v) is 7.61. The number of hydrogen-bond acceptors (Lipinski definition) is 3. The van der Waals surface area contributed by atoms with Crippen LogP contribution in [-0.4, -0.2) is 46.1 Å². The largest absolute Gasteiger partial charge is 0.388 e. The van der Waals surface area contributed by atoms with Gasteiger partial charge in [-0.2, -0.15) is 0 Å². The van der Waals surface area contributed by atoms with Crippen LogP contribution in [0.15, 0.2) is 30.3 Å². The minimum Gasteiger partial charge on any atom is -0.388 e. The summed E-state index contributed by atoms with van der Waals surface area (Å²) < 4.78 is 0. The van der Waals surface area contributed by atoms with E-state index >= 15 is 0 Å². The van der Waals surface area contributed by atoms with E-state index in [1.165, 1.54) is 0 Å². The van der Waals surface area contributed by atoms with Gasteiger partial charge in [0.2, 0.25) is 5.91 Å². The molecule has 0 spiro atoms. The Morgan fingerprint density at radius 2 is 1.62 bits per heavy atom. The molecule has 1 aromatic rings. The highest BCUT2D eigenvalue weighted by Crippen LogP contribution is 2.24. The number of aliphatic hydroxyl groups is 1. The number of carbonyl (C=O) groups is 2. The van der Waals surface area contributed by atoms with Gasteiger partial charge in [0.05, 0.1) is 11.1 Å². The summed E-state index contributed by atoms with van der Waals surface area (Å²) in [6, 6.07) is 9.22. The lowest BCUT2D eigenvalue weighted by Crippen LogP contribution is -2.59. The first-order chi connectivity index (χ1) is 11.1. The van der Waals surface area contributed by atoms with E-state index in [2.05, 4.69) is 5.32 Å². The molecule has 0 radical (unpaired) electrons. The molecule has 1 aromatic carbocycles. The Morgan fingerprint density at radius 3 is 2.12 bits per heavy atom. The first kappa shape index (κ1) is 18.5. The zero-order valence-corrected chi connectivity index (χ0v) is 15.0. The zero-order valence-electron chi connectivity index (χ0n) is 15.0. The molecule has 0 aromatic heterocycles. The topological polar surface area (TPSA) is 69.6 Å². The number of carbonyl (C=O) groups excluding carboxylic acids is 2. The van der Waals surface area contributed by atoms with E-state index in [4.69, 9.17) is 0 Å². The minimum atomic E-state index is -1.01. The van der Waals surface area contributed by atoms with Crippen molar-refractivity contribution in [2.75, 3.05) is 13.1 Å². The van der Waals surface area contributed by atoms with Crippen molar-refractivity contribution in [2.24, 2.45) is 5.92 Å². The van der Waals surface area contributed by atoms with Crippen molar-refractivity contribution in [3.05, 3.63) is 35.9 Å². The number of nitrogens with one attached hydrogen (secondary N) is 1. The van der Waals surface area contributed by atoms with Gasteiger partial charge in [-0.1, -0.05) is 18.2 Å². The van der Waals surface area contributed by atoms with Crippen LogP contribution in [0, 0.1) is 5.92 Å². The molecule has 24 heavy (non-hydrogen) atoms. The van der Waals surface area contributed by atoms with Crippen molar-refractivity contribution in [2.45, 2.75) is 51.7 Å². The molecule has 2 N–H and O–H groups in total. The molecule has 1 aliphatic heterocycles. The van der Waals surface area contributed by atoms with Gasteiger partial charge in [-0.25, -0.2) is 0 Å². The number of nitrogens with zero attached hydrogens (tertiary/aromatic N) is 1. The Kier molecular flexibility index (Phi) is 5.33. The average molecular weight is 332 g/mol. The highest BCUT2D eigenvalue weighted by Gasteiger charge is 2.38. The molecule has 0 unspecified atom stereocenters. The Bertz CT molecular complexity index is 582. The van der Waals surface area contributed by atoms with Crippen molar-refractivity contribution in [3.8, 4) is 0 Å². The first-order valence-electron chi connectivity index (χ1n) is 8.50. The summed E-state index contributed by atoms with van der Waals surface area (Å²) in [5.74, 6) is -0.147. The van der Waals surface area contributed by atoms with Crippen molar-refractivity contribution in [1.29, 1.82) is 0 Å². The molecule has 1 saturated heterocycles. The second kappa shape index (κ2) is 6.93. The summed E-state index contributed by atoms with van der Waals surface area (Å²) in [5, 5.41) is 13.1. The van der Waals surface area contributed by atoms with E-state index < -0.39 is 11.1 Å². The van der Waals surface area contributed by atoms with Gasteiger partial charge in [0.25, 0.3) is 5.91 Å². The average Bonchev–Trinajstić information content (AvgIpc) is 2.53. The molecule has 5 nitrogen and oxygen atoms in total. The fourth-order valence-corrected chi connectivity index (χ4v) is 2.67. The van der Waals surface area contributed by atoms with Crippen LogP contribution in [0.5, 0.6) is 0 Å². The number of benzene rings is 1. The molecule has 0 atom stereocenters. The molecule has 132 valence electrons. The summed E-state index contributed by atoms with van der Waals surface area (Å²) in [6.07, 6.45) is 1.29. The Hall–Kier alpha value is -1.88. The van der Waals surface area contributed by atoms with E-state index in [-0.39, 0.29) is 17.7 Å². The molecule has 0 aliphatic carbocycles. The summed E-state index contributed by atoms with van der Waals surface area (Å²) in [5.41, 5.74) is -1.03. The van der Waals surface area contributed by atoms with Gasteiger partial charge in [-0.15, -0.1) is 0 Å². The highest BCUT2D eigenvalue weighted by atomic mass is 16.3. The summed E-state index contributed by atoms with van der Waals surface area (Å²) in [6.45, 7) is 8.17. The maximum Gasteiger partial charge on any atom is 0.253 e. The maximum absolute atomic E-state index is 12.5. The molecule has 2 amide bonds. The third-order valence-electron chi connectivity index (χ3n) is 5.14. The molecule has 0 saturated carbocycles. The van der Waals surface area contributed by atoms with Gasteiger partial charge in [0.15, 0.2) is 0 Å². The van der Waals surface area contributed by atoms with Crippen LogP contribution < -0.4 is 5.32 Å². The summed E-state index contributed by atoms with van der Waals surface area (Å²) in [4.78, 5) is 26.7. The Balaban J connectivity index is 1.91. The van der Waals surface area contributed by atoms with Crippen molar-refractivity contribution in [3.63, 3.8) is 0 Å². The Labute approximate surface area is 144 Å². The molecule has 5 heteroatoms. The molecule has 1 heterocycles. The van der Waals surface area contributed by atoms with E-state index in [1.54, 1.807) is 18.7 Å². The second-order valence-electron chi connectivity index (χ2n) is 7.61. The van der Waals surface area contributed by atoms with Crippen LogP contribution in [0.3, 0.4) is 0 Å². The van der Waals surface area contributed by atoms with Gasteiger partial charge < -0.3 is 15.3 Å². The van der Waals surface area contributed by atoms with Crippen molar-refractivity contribution in [1.82, 2.24) is 10.2 Å². The number of rotatable bonds is 4. The quantitative estimate of drug-likeness (QED) is 0.888. The monoisotopic (exact) mass is 332 g/mol. The third-order valence-corrected chi connectivity index (χ3v) is 5.14. The first-order valence-corrected chi connectivity index (χ1v) is 8.50. The normalized spacial score (nSPS) is 16.8. The van der Waals surface area contributed by atoms with Crippen LogP contribution in [0.25, 0.3) is 0 Å². The maximum atomic E-state index is 12.5. The fraction of sp³-hybridized carbons (Fsp3) is 0.579. The predicted molar refractivity (Wildman–Crippen MR) is 93.6 cm³/mol. The number of piperidine rings is 1. The highest BCUT2D eigenvalue weighted by molar-refractivity contribution is 5.94. The lowest BCUT2D eigenvalue weighted by Gasteiger charge is -2.40. The van der Waals surface area contributed by atoms with Gasteiger partial charge in [-0.3, -0.25) is 9.59 Å². The van der Waals surface area contributed by atoms with E-state index in [9.17, 15) is 14.7 Å². The van der Waals surface area contributed by atoms with E-state index in [1.807, 2.05) is 44.2 Å².